The molecule has 0 spiro atoms. The number of benzene rings is 3. The Morgan fingerprint density at radius 3 is 1.78 bits per heavy atom. The van der Waals surface area contributed by atoms with Crippen molar-refractivity contribution in [3.8, 4) is 0 Å². The van der Waals surface area contributed by atoms with E-state index in [0.29, 0.717) is 63.2 Å². The lowest BCUT2D eigenvalue weighted by atomic mass is 9.91. The molecule has 0 bridgehead atoms. The largest absolute Gasteiger partial charge is 0.481 e. The summed E-state index contributed by atoms with van der Waals surface area (Å²) < 4.78 is 150. The van der Waals surface area contributed by atoms with Crippen molar-refractivity contribution >= 4 is 21.8 Å². The predicted molar refractivity (Wildman–Crippen MR) is 162 cm³/mol. The van der Waals surface area contributed by atoms with Gasteiger partial charge >= 0.3 is 24.4 Å². The van der Waals surface area contributed by atoms with E-state index in [0.717, 1.165) is 30.3 Å². The molecule has 1 N–H and O–H groups in total. The monoisotopic (exact) mass is 754 g/mol. The fourth-order valence-corrected chi connectivity index (χ4v) is 7.44. The summed E-state index contributed by atoms with van der Waals surface area (Å²) in [7, 11) is -3.63. The number of ether oxygens (including phenoxy) is 1. The van der Waals surface area contributed by atoms with Crippen molar-refractivity contribution in [2.45, 2.75) is 54.0 Å². The Bertz CT molecular complexity index is 1750. The highest BCUT2D eigenvalue weighted by atomic mass is 32.2. The van der Waals surface area contributed by atoms with Crippen LogP contribution in [0, 0.1) is 23.4 Å². The summed E-state index contributed by atoms with van der Waals surface area (Å²) in [5.41, 5.74) is -7.00. The molecule has 0 saturated carbocycles. The Morgan fingerprint density at radius 2 is 1.27 bits per heavy atom. The van der Waals surface area contributed by atoms with Crippen molar-refractivity contribution < 1.29 is 67.4 Å². The van der Waals surface area contributed by atoms with Crippen LogP contribution in [0.2, 0.25) is 0 Å². The van der Waals surface area contributed by atoms with Crippen molar-refractivity contribution in [2.75, 3.05) is 26.2 Å². The number of hydrogen-bond donors (Lipinski definition) is 1. The molecule has 2 saturated heterocycles. The number of carbonyl (C=O) groups excluding carboxylic acids is 1. The molecule has 2 aliphatic rings. The number of rotatable bonds is 7. The maximum atomic E-state index is 13.5. The highest BCUT2D eigenvalue weighted by molar-refractivity contribution is 7.92. The zero-order chi connectivity index (χ0) is 37.8. The standard InChI is InChI=1S/C17H21FN2O5S.C16H10F8O/c18-13-1-3-14(4-2-13)26(24,25)15-7-10-20(11-15)17(23)19-8-5-12(6-9-19)16(21)22;17-12-7-4-8-13(18)11(12)9-25-14(15(19,20)21,16(22,23)24)10-5-2-1-3-6-10/h1-4,12,15H,5-11H2,(H,21,22);1-8H,9H2. The van der Waals surface area contributed by atoms with E-state index < -0.39 is 80.1 Å². The van der Waals surface area contributed by atoms with Crippen LogP contribution in [0.4, 0.5) is 44.3 Å². The lowest BCUT2D eigenvalue weighted by Crippen LogP contribution is -2.55. The molecule has 3 aromatic carbocycles. The van der Waals surface area contributed by atoms with Crippen LogP contribution in [0.3, 0.4) is 0 Å². The average molecular weight is 755 g/mol. The number of carboxylic acids is 1. The zero-order valence-corrected chi connectivity index (χ0v) is 27.2. The number of aliphatic carboxylic acids is 1. The number of halogens is 9. The molecule has 1 unspecified atom stereocenters. The van der Waals surface area contributed by atoms with E-state index >= 15 is 0 Å². The molecule has 8 nitrogen and oxygen atoms in total. The van der Waals surface area contributed by atoms with Crippen LogP contribution in [0.5, 0.6) is 0 Å². The minimum absolute atomic E-state index is 0.0560. The van der Waals surface area contributed by atoms with Crippen molar-refractivity contribution in [3.63, 3.8) is 0 Å². The van der Waals surface area contributed by atoms with Crippen molar-refractivity contribution in [1.29, 1.82) is 0 Å². The third kappa shape index (κ3) is 8.60. The zero-order valence-electron chi connectivity index (χ0n) is 26.4. The van der Waals surface area contributed by atoms with E-state index in [-0.39, 0.29) is 17.5 Å². The molecule has 2 aliphatic heterocycles. The minimum atomic E-state index is -5.92. The highest BCUT2D eigenvalue weighted by Gasteiger charge is 2.73. The van der Waals surface area contributed by atoms with Gasteiger partial charge in [0.25, 0.3) is 5.60 Å². The first-order valence-electron chi connectivity index (χ1n) is 15.3. The average Bonchev–Trinajstić information content (AvgIpc) is 3.57. The number of piperidine rings is 1. The topological polar surface area (TPSA) is 104 Å². The molecule has 51 heavy (non-hydrogen) atoms. The second-order valence-electron chi connectivity index (χ2n) is 11.8. The van der Waals surface area contributed by atoms with E-state index in [2.05, 4.69) is 4.74 Å². The second-order valence-corrected chi connectivity index (χ2v) is 14.0. The Hall–Kier alpha value is -4.32. The van der Waals surface area contributed by atoms with Crippen LogP contribution in [0.1, 0.15) is 30.4 Å². The molecule has 0 radical (unpaired) electrons. The highest BCUT2D eigenvalue weighted by Crippen LogP contribution is 2.53. The summed E-state index contributed by atoms with van der Waals surface area (Å²) in [6.45, 7) is -0.407. The van der Waals surface area contributed by atoms with Crippen molar-refractivity contribution in [2.24, 2.45) is 5.92 Å². The number of urea groups is 1. The van der Waals surface area contributed by atoms with E-state index in [1.165, 1.54) is 23.1 Å². The van der Waals surface area contributed by atoms with Gasteiger partial charge in [-0.15, -0.1) is 0 Å². The van der Waals surface area contributed by atoms with Crippen molar-refractivity contribution in [1.82, 2.24) is 9.80 Å². The van der Waals surface area contributed by atoms with Gasteiger partial charge < -0.3 is 19.6 Å². The van der Waals surface area contributed by atoms with Gasteiger partial charge in [0.1, 0.15) is 17.5 Å². The maximum absolute atomic E-state index is 13.5. The normalized spacial score (nSPS) is 17.5. The molecule has 3 aromatic rings. The smallest absolute Gasteiger partial charge is 0.430 e. The quantitative estimate of drug-likeness (QED) is 0.204. The van der Waals surface area contributed by atoms with Gasteiger partial charge in [0.2, 0.25) is 0 Å². The third-order valence-corrected chi connectivity index (χ3v) is 10.8. The molecule has 2 heterocycles. The summed E-state index contributed by atoms with van der Waals surface area (Å²) >= 11 is 0. The number of amides is 2. The van der Waals surface area contributed by atoms with Gasteiger partial charge in [0.05, 0.1) is 22.7 Å². The Morgan fingerprint density at radius 1 is 0.745 bits per heavy atom. The molecular weight excluding hydrogens is 723 g/mol. The van der Waals surface area contributed by atoms with Gasteiger partial charge in [-0.1, -0.05) is 36.4 Å². The van der Waals surface area contributed by atoms with Crippen LogP contribution in [-0.2, 0) is 31.6 Å². The SMILES string of the molecule is Fc1cccc(F)c1COC(c1ccccc1)(C(F)(F)F)C(F)(F)F.O=C(O)C1CCN(C(=O)N2CCC(S(=O)(=O)c3ccc(F)cc3)C2)CC1. The van der Waals surface area contributed by atoms with Gasteiger partial charge in [-0.3, -0.25) is 4.79 Å². The second kappa shape index (κ2) is 15.5. The van der Waals surface area contributed by atoms with Gasteiger partial charge in [0, 0.05) is 37.3 Å². The molecule has 18 heteroatoms. The van der Waals surface area contributed by atoms with Gasteiger partial charge in [-0.25, -0.2) is 26.4 Å². The molecule has 0 aliphatic carbocycles. The molecule has 2 fully saturated rings. The number of carbonyl (C=O) groups is 2. The van der Waals surface area contributed by atoms with Crippen LogP contribution in [-0.4, -0.2) is 79.1 Å². The summed E-state index contributed by atoms with van der Waals surface area (Å²) in [5, 5.41) is 8.31. The van der Waals surface area contributed by atoms with Crippen LogP contribution >= 0.6 is 0 Å². The Kier molecular flexibility index (Phi) is 12.0. The molecule has 1 atom stereocenters. The molecular formula is C33H31F9N2O6S. The number of sulfone groups is 1. The van der Waals surface area contributed by atoms with E-state index in [1.807, 2.05) is 0 Å². The fraction of sp³-hybridized carbons (Fsp3) is 0.394. The van der Waals surface area contributed by atoms with Gasteiger partial charge in [0.15, 0.2) is 9.84 Å². The lowest BCUT2D eigenvalue weighted by molar-refractivity contribution is -0.392. The molecule has 2 amide bonds. The van der Waals surface area contributed by atoms with E-state index in [9.17, 15) is 57.5 Å². The predicted octanol–water partition coefficient (Wildman–Crippen LogP) is 7.09. The summed E-state index contributed by atoms with van der Waals surface area (Å²) in [5.74, 6) is -4.40. The molecule has 0 aromatic heterocycles. The third-order valence-electron chi connectivity index (χ3n) is 8.58. The maximum Gasteiger partial charge on any atom is 0.430 e. The number of nitrogens with zero attached hydrogens (tertiary/aromatic N) is 2. The van der Waals surface area contributed by atoms with Crippen LogP contribution in [0.25, 0.3) is 0 Å². The van der Waals surface area contributed by atoms with Crippen LogP contribution in [0.15, 0.2) is 77.7 Å². The first-order valence-corrected chi connectivity index (χ1v) is 16.9. The Balaban J connectivity index is 0.000000229. The molecule has 5 rings (SSSR count). The summed E-state index contributed by atoms with van der Waals surface area (Å²) in [4.78, 5) is 26.7. The first kappa shape index (κ1) is 39.5. The number of carboxylic acid groups (broad SMARTS) is 1. The number of alkyl halides is 6. The Labute approximate surface area is 286 Å². The summed E-state index contributed by atoms with van der Waals surface area (Å²) in [6, 6.07) is 11.1. The summed E-state index contributed by atoms with van der Waals surface area (Å²) in [6.07, 6.45) is -10.7. The lowest BCUT2D eigenvalue weighted by Gasteiger charge is -2.37. The minimum Gasteiger partial charge on any atom is -0.481 e. The van der Waals surface area contributed by atoms with Crippen LogP contribution < -0.4 is 0 Å². The van der Waals surface area contributed by atoms with Gasteiger partial charge in [-0.2, -0.15) is 26.3 Å². The first-order chi connectivity index (χ1) is 23.8. The van der Waals surface area contributed by atoms with Crippen molar-refractivity contribution in [3.05, 3.63) is 101 Å². The molecule has 278 valence electrons. The number of likely N-dealkylation sites (tertiary alicyclic amines) is 2. The fourth-order valence-electron chi connectivity index (χ4n) is 5.75. The van der Waals surface area contributed by atoms with E-state index in [4.69, 9.17) is 5.11 Å². The van der Waals surface area contributed by atoms with Gasteiger partial charge in [-0.05, 0) is 55.7 Å². The van der Waals surface area contributed by atoms with E-state index in [1.54, 1.807) is 4.90 Å². The number of hydrogen-bond acceptors (Lipinski definition) is 5.